The Balaban J connectivity index is 1.60. The molecule has 4 rings (SSSR count). The Kier molecular flexibility index (Phi) is 4.90. The van der Waals surface area contributed by atoms with Gasteiger partial charge in [-0.1, -0.05) is 18.2 Å². The van der Waals surface area contributed by atoms with Gasteiger partial charge in [-0.05, 0) is 36.9 Å². The molecule has 7 heteroatoms. The molecule has 0 bridgehead atoms. The van der Waals surface area contributed by atoms with Gasteiger partial charge in [-0.2, -0.15) is 4.99 Å². The summed E-state index contributed by atoms with van der Waals surface area (Å²) in [6, 6.07) is 9.75. The van der Waals surface area contributed by atoms with E-state index in [0.29, 0.717) is 24.7 Å². The number of thioether (sulfide) groups is 1. The average molecular weight is 369 g/mol. The largest absolute Gasteiger partial charge is 0.492 e. The van der Waals surface area contributed by atoms with Crippen LogP contribution in [-0.4, -0.2) is 53.9 Å². The van der Waals surface area contributed by atoms with E-state index in [-0.39, 0.29) is 5.91 Å². The summed E-state index contributed by atoms with van der Waals surface area (Å²) >= 11 is 1.40. The highest BCUT2D eigenvalue weighted by molar-refractivity contribution is 8.18. The van der Waals surface area contributed by atoms with Gasteiger partial charge in [0.2, 0.25) is 0 Å². The van der Waals surface area contributed by atoms with Crippen LogP contribution in [0.4, 0.5) is 0 Å². The third kappa shape index (κ3) is 3.45. The summed E-state index contributed by atoms with van der Waals surface area (Å²) in [4.78, 5) is 23.8. The first-order valence-corrected chi connectivity index (χ1v) is 9.44. The third-order valence-electron chi connectivity index (χ3n) is 4.17. The van der Waals surface area contributed by atoms with E-state index in [2.05, 4.69) is 14.9 Å². The number of pyridine rings is 1. The van der Waals surface area contributed by atoms with Gasteiger partial charge in [0.1, 0.15) is 11.3 Å². The summed E-state index contributed by atoms with van der Waals surface area (Å²) in [7, 11) is 0. The average Bonchev–Trinajstić information content (AvgIpc) is 3.04. The van der Waals surface area contributed by atoms with Crippen molar-refractivity contribution in [1.82, 2.24) is 9.88 Å². The van der Waals surface area contributed by atoms with E-state index in [1.165, 1.54) is 11.8 Å². The maximum absolute atomic E-state index is 12.3. The second-order valence-corrected chi connectivity index (χ2v) is 6.92. The quantitative estimate of drug-likeness (QED) is 0.775. The van der Waals surface area contributed by atoms with Gasteiger partial charge in [0.15, 0.2) is 5.17 Å². The molecule has 0 aliphatic carbocycles. The molecule has 26 heavy (non-hydrogen) atoms. The van der Waals surface area contributed by atoms with Crippen molar-refractivity contribution in [3.05, 3.63) is 40.9 Å². The molecular formula is C19H19N3O3S. The Morgan fingerprint density at radius 2 is 2.12 bits per heavy atom. The first-order valence-electron chi connectivity index (χ1n) is 8.62. The number of aromatic nitrogens is 1. The molecule has 2 aliphatic heterocycles. The number of hydrogen-bond donors (Lipinski definition) is 0. The highest BCUT2D eigenvalue weighted by Crippen LogP contribution is 2.31. The molecule has 0 unspecified atom stereocenters. The summed E-state index contributed by atoms with van der Waals surface area (Å²) in [6.45, 7) is 5.38. The van der Waals surface area contributed by atoms with E-state index in [0.717, 1.165) is 40.6 Å². The van der Waals surface area contributed by atoms with E-state index in [1.54, 1.807) is 6.08 Å². The number of amidine groups is 1. The van der Waals surface area contributed by atoms with Gasteiger partial charge in [-0.15, -0.1) is 0 Å². The number of carbonyl (C=O) groups excluding carboxylic acids is 1. The smallest absolute Gasteiger partial charge is 0.286 e. The molecule has 2 aromatic rings. The molecule has 1 amide bonds. The highest BCUT2D eigenvalue weighted by atomic mass is 32.2. The predicted molar refractivity (Wildman–Crippen MR) is 103 cm³/mol. The fraction of sp³-hybridized carbons (Fsp3) is 0.316. The van der Waals surface area contributed by atoms with Crippen LogP contribution in [0, 0.1) is 0 Å². The molecule has 1 saturated heterocycles. The van der Waals surface area contributed by atoms with E-state index in [9.17, 15) is 4.79 Å². The molecule has 0 saturated carbocycles. The molecule has 1 aromatic heterocycles. The van der Waals surface area contributed by atoms with Crippen molar-refractivity contribution in [3.63, 3.8) is 0 Å². The van der Waals surface area contributed by atoms with Crippen molar-refractivity contribution in [2.75, 3.05) is 32.9 Å². The molecule has 1 aromatic carbocycles. The zero-order chi connectivity index (χ0) is 17.9. The van der Waals surface area contributed by atoms with Gasteiger partial charge < -0.3 is 14.4 Å². The summed E-state index contributed by atoms with van der Waals surface area (Å²) in [5.41, 5.74) is 1.52. The molecule has 0 spiro atoms. The van der Waals surface area contributed by atoms with Gasteiger partial charge in [0.05, 0.1) is 30.4 Å². The third-order valence-corrected chi connectivity index (χ3v) is 5.22. The first kappa shape index (κ1) is 17.1. The van der Waals surface area contributed by atoms with E-state index < -0.39 is 0 Å². The lowest BCUT2D eigenvalue weighted by atomic mass is 10.2. The minimum Gasteiger partial charge on any atom is -0.492 e. The molecule has 1 fully saturated rings. The summed E-state index contributed by atoms with van der Waals surface area (Å²) in [5, 5.41) is 1.76. The normalized spacial score (nSPS) is 19.3. The van der Waals surface area contributed by atoms with Crippen LogP contribution in [0.1, 0.15) is 12.6 Å². The van der Waals surface area contributed by atoms with Gasteiger partial charge in [-0.25, -0.2) is 4.98 Å². The number of aliphatic imine (C=N–C) groups is 1. The fourth-order valence-electron chi connectivity index (χ4n) is 2.91. The first-order chi connectivity index (χ1) is 12.7. The topological polar surface area (TPSA) is 64.0 Å². The number of para-hydroxylation sites is 1. The number of ether oxygens (including phenoxy) is 2. The summed E-state index contributed by atoms with van der Waals surface area (Å²) in [5.74, 6) is 0.539. The van der Waals surface area contributed by atoms with Crippen LogP contribution in [0.3, 0.4) is 0 Å². The van der Waals surface area contributed by atoms with E-state index in [4.69, 9.17) is 9.47 Å². The lowest BCUT2D eigenvalue weighted by Gasteiger charge is -2.27. The van der Waals surface area contributed by atoms with Gasteiger partial charge in [0.25, 0.3) is 5.91 Å². The van der Waals surface area contributed by atoms with Crippen LogP contribution < -0.4 is 4.74 Å². The van der Waals surface area contributed by atoms with Crippen molar-refractivity contribution < 1.29 is 14.3 Å². The Labute approximate surface area is 155 Å². The second kappa shape index (κ2) is 7.47. The second-order valence-electron chi connectivity index (χ2n) is 5.91. The number of benzene rings is 1. The zero-order valence-electron chi connectivity index (χ0n) is 14.5. The molecule has 134 valence electrons. The molecule has 2 aliphatic rings. The van der Waals surface area contributed by atoms with Gasteiger partial charge >= 0.3 is 0 Å². The van der Waals surface area contributed by atoms with Crippen molar-refractivity contribution in [3.8, 4) is 5.75 Å². The van der Waals surface area contributed by atoms with E-state index in [1.807, 2.05) is 37.3 Å². The molecule has 0 radical (unpaired) electrons. The summed E-state index contributed by atoms with van der Waals surface area (Å²) in [6.07, 6.45) is 1.80. The number of nitrogens with zero attached hydrogens (tertiary/aromatic N) is 3. The number of fused-ring (bicyclic) bond motifs is 1. The number of morpholine rings is 1. The van der Waals surface area contributed by atoms with Crippen LogP contribution in [0.15, 0.2) is 40.2 Å². The standard InChI is InChI=1S/C19H19N3O3S/c1-2-25-15-5-3-4-13-6-7-14(20-17(13)15)12-16-18(23)21-19(26-16)22-8-10-24-11-9-22/h3-7,12H,2,8-11H2,1H3. The lowest BCUT2D eigenvalue weighted by Crippen LogP contribution is -2.38. The lowest BCUT2D eigenvalue weighted by molar-refractivity contribution is -0.113. The maximum Gasteiger partial charge on any atom is 0.286 e. The van der Waals surface area contributed by atoms with Crippen LogP contribution in [0.2, 0.25) is 0 Å². The highest BCUT2D eigenvalue weighted by Gasteiger charge is 2.27. The van der Waals surface area contributed by atoms with Crippen LogP contribution in [0.5, 0.6) is 5.75 Å². The Hall–Kier alpha value is -2.38. The Morgan fingerprint density at radius 1 is 1.27 bits per heavy atom. The molecule has 6 nitrogen and oxygen atoms in total. The minimum absolute atomic E-state index is 0.212. The number of amides is 1. The predicted octanol–water partition coefficient (Wildman–Crippen LogP) is 2.94. The zero-order valence-corrected chi connectivity index (χ0v) is 15.3. The molecular weight excluding hydrogens is 350 g/mol. The number of hydrogen-bond acceptors (Lipinski definition) is 6. The SMILES string of the molecule is CCOc1cccc2ccc(C=C3SC(N4CCOCC4)=NC3=O)nc12. The van der Waals surface area contributed by atoms with Gasteiger partial charge in [-0.3, -0.25) is 4.79 Å². The van der Waals surface area contributed by atoms with Gasteiger partial charge in [0, 0.05) is 18.5 Å². The van der Waals surface area contributed by atoms with Crippen molar-refractivity contribution in [2.24, 2.45) is 4.99 Å². The Bertz CT molecular complexity index is 904. The molecule has 3 heterocycles. The van der Waals surface area contributed by atoms with Crippen LogP contribution in [0.25, 0.3) is 17.0 Å². The summed E-state index contributed by atoms with van der Waals surface area (Å²) < 4.78 is 11.0. The fourth-order valence-corrected chi connectivity index (χ4v) is 3.86. The number of rotatable bonds is 3. The van der Waals surface area contributed by atoms with Crippen molar-refractivity contribution in [1.29, 1.82) is 0 Å². The van der Waals surface area contributed by atoms with E-state index >= 15 is 0 Å². The maximum atomic E-state index is 12.3. The monoisotopic (exact) mass is 369 g/mol. The number of carbonyl (C=O) groups is 1. The molecule has 0 N–H and O–H groups in total. The molecule has 0 atom stereocenters. The van der Waals surface area contributed by atoms with Crippen LogP contribution in [-0.2, 0) is 9.53 Å². The minimum atomic E-state index is -0.212. The van der Waals surface area contributed by atoms with Crippen LogP contribution >= 0.6 is 11.8 Å². The van der Waals surface area contributed by atoms with Crippen molar-refractivity contribution >= 4 is 39.8 Å². The Morgan fingerprint density at radius 3 is 2.92 bits per heavy atom. The van der Waals surface area contributed by atoms with Crippen molar-refractivity contribution in [2.45, 2.75) is 6.92 Å².